The fraction of sp³-hybridized carbons (Fsp3) is 0.917. The Hall–Kier alpha value is -0.610. The smallest absolute Gasteiger partial charge is 0.311 e. The van der Waals surface area contributed by atoms with E-state index in [0.29, 0.717) is 12.6 Å². The van der Waals surface area contributed by atoms with Crippen molar-refractivity contribution in [2.75, 3.05) is 26.3 Å². The Morgan fingerprint density at radius 3 is 2.75 bits per heavy atom. The second-order valence-corrected chi connectivity index (χ2v) is 5.35. The van der Waals surface area contributed by atoms with Crippen molar-refractivity contribution in [1.82, 2.24) is 4.90 Å². The van der Waals surface area contributed by atoms with Gasteiger partial charge < -0.3 is 9.84 Å². The van der Waals surface area contributed by atoms with Crippen molar-refractivity contribution in [2.45, 2.75) is 32.7 Å². The van der Waals surface area contributed by atoms with Gasteiger partial charge >= 0.3 is 5.97 Å². The van der Waals surface area contributed by atoms with E-state index in [1.165, 1.54) is 0 Å². The third kappa shape index (κ3) is 1.84. The molecule has 1 N–H and O–H groups in total. The van der Waals surface area contributed by atoms with Crippen molar-refractivity contribution in [2.24, 2.45) is 11.3 Å². The number of aliphatic carboxylic acids is 1. The lowest BCUT2D eigenvalue weighted by atomic mass is 9.76. The summed E-state index contributed by atoms with van der Waals surface area (Å²) in [4.78, 5) is 13.8. The zero-order valence-electron chi connectivity index (χ0n) is 10.1. The fourth-order valence-electron chi connectivity index (χ4n) is 2.88. The SMILES string of the molecule is CC(C)C1(C(=O)O)CCN(C2CCOC2)C1. The molecule has 0 bridgehead atoms. The summed E-state index contributed by atoms with van der Waals surface area (Å²) in [7, 11) is 0. The summed E-state index contributed by atoms with van der Waals surface area (Å²) >= 11 is 0. The molecule has 2 unspecified atom stereocenters. The van der Waals surface area contributed by atoms with Crippen molar-refractivity contribution in [3.05, 3.63) is 0 Å². The van der Waals surface area contributed by atoms with E-state index >= 15 is 0 Å². The number of likely N-dealkylation sites (tertiary alicyclic amines) is 1. The highest BCUT2D eigenvalue weighted by Crippen LogP contribution is 2.39. The predicted molar refractivity (Wildman–Crippen MR) is 60.3 cm³/mol. The van der Waals surface area contributed by atoms with Gasteiger partial charge in [0, 0.05) is 19.2 Å². The summed E-state index contributed by atoms with van der Waals surface area (Å²) in [5.74, 6) is -0.443. The molecule has 4 heteroatoms. The van der Waals surface area contributed by atoms with Gasteiger partial charge in [-0.05, 0) is 25.3 Å². The molecule has 0 spiro atoms. The molecule has 2 saturated heterocycles. The molecule has 2 atom stereocenters. The van der Waals surface area contributed by atoms with Crippen LogP contribution in [-0.4, -0.2) is 48.3 Å². The van der Waals surface area contributed by atoms with E-state index < -0.39 is 11.4 Å². The van der Waals surface area contributed by atoms with Crippen LogP contribution in [0.5, 0.6) is 0 Å². The Morgan fingerprint density at radius 2 is 2.31 bits per heavy atom. The maximum atomic E-state index is 11.5. The minimum Gasteiger partial charge on any atom is -0.481 e. The maximum Gasteiger partial charge on any atom is 0.311 e. The molecule has 0 aromatic carbocycles. The summed E-state index contributed by atoms with van der Waals surface area (Å²) in [6.45, 7) is 7.22. The van der Waals surface area contributed by atoms with Gasteiger partial charge in [-0.2, -0.15) is 0 Å². The Balaban J connectivity index is 2.06. The Morgan fingerprint density at radius 1 is 1.56 bits per heavy atom. The third-order valence-corrected chi connectivity index (χ3v) is 4.28. The van der Waals surface area contributed by atoms with E-state index in [2.05, 4.69) is 4.90 Å². The molecule has 0 aliphatic carbocycles. The van der Waals surface area contributed by atoms with Crippen LogP contribution in [0.3, 0.4) is 0 Å². The lowest BCUT2D eigenvalue weighted by Gasteiger charge is -2.30. The number of rotatable bonds is 3. The van der Waals surface area contributed by atoms with Crippen molar-refractivity contribution >= 4 is 5.97 Å². The molecular formula is C12H21NO3. The van der Waals surface area contributed by atoms with Gasteiger partial charge in [0.15, 0.2) is 0 Å². The molecule has 2 fully saturated rings. The Bertz CT molecular complexity index is 273. The molecule has 0 radical (unpaired) electrons. The quantitative estimate of drug-likeness (QED) is 0.787. The highest BCUT2D eigenvalue weighted by molar-refractivity contribution is 5.75. The van der Waals surface area contributed by atoms with E-state index in [1.807, 2.05) is 13.8 Å². The van der Waals surface area contributed by atoms with Crippen LogP contribution in [0.1, 0.15) is 26.7 Å². The molecule has 2 rings (SSSR count). The van der Waals surface area contributed by atoms with Gasteiger partial charge in [0.05, 0.1) is 12.0 Å². The summed E-state index contributed by atoms with van der Waals surface area (Å²) in [6.07, 6.45) is 1.82. The standard InChI is InChI=1S/C12H21NO3/c1-9(2)12(11(14)15)4-5-13(8-12)10-3-6-16-7-10/h9-10H,3-8H2,1-2H3,(H,14,15). The Labute approximate surface area is 96.6 Å². The van der Waals surface area contributed by atoms with Crippen LogP contribution < -0.4 is 0 Å². The first kappa shape index (κ1) is 11.9. The van der Waals surface area contributed by atoms with Gasteiger partial charge in [0.2, 0.25) is 0 Å². The molecule has 0 aromatic rings. The van der Waals surface area contributed by atoms with Crippen LogP contribution in [0.15, 0.2) is 0 Å². The minimum atomic E-state index is -0.635. The number of carbonyl (C=O) groups is 1. The molecule has 0 aromatic heterocycles. The van der Waals surface area contributed by atoms with Crippen molar-refractivity contribution in [3.8, 4) is 0 Å². The normalized spacial score (nSPS) is 36.1. The van der Waals surface area contributed by atoms with Crippen LogP contribution in [0.25, 0.3) is 0 Å². The second kappa shape index (κ2) is 4.34. The van der Waals surface area contributed by atoms with E-state index in [1.54, 1.807) is 0 Å². The van der Waals surface area contributed by atoms with E-state index in [4.69, 9.17) is 4.74 Å². The average Bonchev–Trinajstić information content (AvgIpc) is 2.87. The van der Waals surface area contributed by atoms with Crippen LogP contribution in [0.4, 0.5) is 0 Å². The van der Waals surface area contributed by atoms with Gasteiger partial charge in [-0.1, -0.05) is 13.8 Å². The molecule has 16 heavy (non-hydrogen) atoms. The third-order valence-electron chi connectivity index (χ3n) is 4.28. The van der Waals surface area contributed by atoms with Gasteiger partial charge in [0.1, 0.15) is 0 Å². The van der Waals surface area contributed by atoms with Crippen molar-refractivity contribution in [3.63, 3.8) is 0 Å². The summed E-state index contributed by atoms with van der Waals surface area (Å²) in [5, 5.41) is 9.44. The van der Waals surface area contributed by atoms with E-state index in [9.17, 15) is 9.90 Å². The fourth-order valence-corrected chi connectivity index (χ4v) is 2.88. The molecular weight excluding hydrogens is 206 g/mol. The van der Waals surface area contributed by atoms with Gasteiger partial charge in [-0.3, -0.25) is 9.69 Å². The number of hydrogen-bond donors (Lipinski definition) is 1. The van der Waals surface area contributed by atoms with Gasteiger partial charge in [-0.15, -0.1) is 0 Å². The molecule has 0 saturated carbocycles. The topological polar surface area (TPSA) is 49.8 Å². The molecule has 2 heterocycles. The number of hydrogen-bond acceptors (Lipinski definition) is 3. The lowest BCUT2D eigenvalue weighted by molar-refractivity contribution is -0.151. The lowest BCUT2D eigenvalue weighted by Crippen LogP contribution is -2.42. The highest BCUT2D eigenvalue weighted by atomic mass is 16.5. The molecule has 92 valence electrons. The molecule has 2 aliphatic heterocycles. The van der Waals surface area contributed by atoms with E-state index in [-0.39, 0.29) is 5.92 Å². The number of nitrogens with zero attached hydrogens (tertiary/aromatic N) is 1. The first-order valence-corrected chi connectivity index (χ1v) is 6.11. The summed E-state index contributed by atoms with van der Waals surface area (Å²) in [5.41, 5.74) is -0.539. The van der Waals surface area contributed by atoms with Crippen LogP contribution in [-0.2, 0) is 9.53 Å². The average molecular weight is 227 g/mol. The first-order chi connectivity index (χ1) is 7.56. The van der Waals surface area contributed by atoms with Crippen LogP contribution in [0, 0.1) is 11.3 Å². The largest absolute Gasteiger partial charge is 0.481 e. The highest BCUT2D eigenvalue weighted by Gasteiger charge is 2.48. The summed E-state index contributed by atoms with van der Waals surface area (Å²) in [6, 6.07) is 0.444. The molecule has 4 nitrogen and oxygen atoms in total. The second-order valence-electron chi connectivity index (χ2n) is 5.35. The predicted octanol–water partition coefficient (Wildman–Crippen LogP) is 1.21. The van der Waals surface area contributed by atoms with Gasteiger partial charge in [-0.25, -0.2) is 0 Å². The zero-order valence-corrected chi connectivity index (χ0v) is 10.1. The van der Waals surface area contributed by atoms with Crippen molar-refractivity contribution < 1.29 is 14.6 Å². The zero-order chi connectivity index (χ0) is 11.8. The molecule has 2 aliphatic rings. The Kier molecular flexibility index (Phi) is 3.22. The van der Waals surface area contributed by atoms with Crippen LogP contribution >= 0.6 is 0 Å². The number of carboxylic acids is 1. The monoisotopic (exact) mass is 227 g/mol. The minimum absolute atomic E-state index is 0.192. The maximum absolute atomic E-state index is 11.5. The van der Waals surface area contributed by atoms with Crippen LogP contribution in [0.2, 0.25) is 0 Å². The van der Waals surface area contributed by atoms with E-state index in [0.717, 1.165) is 32.6 Å². The summed E-state index contributed by atoms with van der Waals surface area (Å²) < 4.78 is 5.37. The molecule has 0 amide bonds. The first-order valence-electron chi connectivity index (χ1n) is 6.11. The van der Waals surface area contributed by atoms with Crippen molar-refractivity contribution in [1.29, 1.82) is 0 Å². The number of carboxylic acid groups (broad SMARTS) is 1. The number of ether oxygens (including phenoxy) is 1. The van der Waals surface area contributed by atoms with Gasteiger partial charge in [0.25, 0.3) is 0 Å².